The largest absolute Gasteiger partial charge is 0.355 e. The summed E-state index contributed by atoms with van der Waals surface area (Å²) in [6, 6.07) is 13.9. The normalized spacial score (nSPS) is 12.5. The molecule has 0 radical (unpaired) electrons. The summed E-state index contributed by atoms with van der Waals surface area (Å²) in [4.78, 5) is 9.64. The van der Waals surface area contributed by atoms with Gasteiger partial charge in [-0.2, -0.15) is 0 Å². The Bertz CT molecular complexity index is 1070. The van der Waals surface area contributed by atoms with Crippen LogP contribution in [0, 0.1) is 0 Å². The van der Waals surface area contributed by atoms with Crippen molar-refractivity contribution in [2.24, 2.45) is 0 Å². The minimum absolute atomic E-state index is 0.676. The second kappa shape index (κ2) is 6.90. The molecule has 2 aromatic carbocycles. The maximum absolute atomic E-state index is 12.3. The second-order valence-electron chi connectivity index (χ2n) is 5.75. The van der Waals surface area contributed by atoms with E-state index in [0.717, 1.165) is 39.1 Å². The number of hydrogen-bond donors (Lipinski definition) is 1. The number of nitrogens with zero attached hydrogens (tertiary/aromatic N) is 2. The molecule has 6 heteroatoms. The summed E-state index contributed by atoms with van der Waals surface area (Å²) >= 11 is 1.63. The first-order chi connectivity index (χ1) is 12.2. The topological polar surface area (TPSA) is 54.9 Å². The number of thiazole rings is 1. The molecule has 2 heterocycles. The summed E-state index contributed by atoms with van der Waals surface area (Å²) in [6.45, 7) is 2.04. The summed E-state index contributed by atoms with van der Waals surface area (Å²) in [6.07, 6.45) is 2.69. The number of benzene rings is 2. The van der Waals surface area contributed by atoms with E-state index in [4.69, 9.17) is 0 Å². The molecule has 4 nitrogen and oxygen atoms in total. The van der Waals surface area contributed by atoms with E-state index in [1.165, 1.54) is 4.70 Å². The Kier molecular flexibility index (Phi) is 4.46. The van der Waals surface area contributed by atoms with Gasteiger partial charge in [-0.05, 0) is 48.9 Å². The molecule has 0 spiro atoms. The first-order valence-electron chi connectivity index (χ1n) is 8.12. The summed E-state index contributed by atoms with van der Waals surface area (Å²) in [5.41, 5.74) is 5.65. The van der Waals surface area contributed by atoms with Crippen molar-refractivity contribution in [1.82, 2.24) is 9.97 Å². The van der Waals surface area contributed by atoms with Crippen LogP contribution in [-0.2, 0) is 10.8 Å². The highest BCUT2D eigenvalue weighted by Crippen LogP contribution is 2.29. The molecule has 0 aliphatic heterocycles. The molecule has 4 rings (SSSR count). The molecular weight excluding hydrogens is 350 g/mol. The molecule has 0 amide bonds. The molecule has 1 atom stereocenters. The van der Waals surface area contributed by atoms with Crippen molar-refractivity contribution in [3.63, 3.8) is 0 Å². The second-order valence-corrected chi connectivity index (χ2v) is 8.20. The number of fused-ring (bicyclic) bond motifs is 2. The summed E-state index contributed by atoms with van der Waals surface area (Å²) in [5.74, 6) is 0.676. The molecule has 1 unspecified atom stereocenters. The van der Waals surface area contributed by atoms with Crippen LogP contribution in [0.5, 0.6) is 0 Å². The Balaban J connectivity index is 1.74. The first kappa shape index (κ1) is 16.2. The maximum Gasteiger partial charge on any atom is 0.0832 e. The Hall–Kier alpha value is -2.31. The van der Waals surface area contributed by atoms with E-state index in [9.17, 15) is 4.21 Å². The summed E-state index contributed by atoms with van der Waals surface area (Å²) in [7, 11) is -0.972. The maximum atomic E-state index is 12.3. The quantitative estimate of drug-likeness (QED) is 0.533. The Morgan fingerprint density at radius 1 is 1.08 bits per heavy atom. The monoisotopic (exact) mass is 367 g/mol. The van der Waals surface area contributed by atoms with Gasteiger partial charge in [-0.15, -0.1) is 11.3 Å². The van der Waals surface area contributed by atoms with Crippen molar-refractivity contribution in [2.45, 2.75) is 18.2 Å². The fraction of sp³-hybridized carbons (Fsp3) is 0.158. The minimum atomic E-state index is -0.972. The number of pyridine rings is 1. The Morgan fingerprint density at radius 3 is 2.88 bits per heavy atom. The van der Waals surface area contributed by atoms with Crippen LogP contribution in [0.25, 0.3) is 21.1 Å². The van der Waals surface area contributed by atoms with Gasteiger partial charge in [-0.3, -0.25) is 9.19 Å². The van der Waals surface area contributed by atoms with Crippen molar-refractivity contribution in [3.8, 4) is 0 Å². The van der Waals surface area contributed by atoms with Gasteiger partial charge >= 0.3 is 0 Å². The molecule has 25 heavy (non-hydrogen) atoms. The predicted octanol–water partition coefficient (Wildman–Crippen LogP) is 5.11. The smallest absolute Gasteiger partial charge is 0.0832 e. The molecule has 0 saturated heterocycles. The van der Waals surface area contributed by atoms with E-state index in [2.05, 4.69) is 21.4 Å². The van der Waals surface area contributed by atoms with E-state index >= 15 is 0 Å². The third kappa shape index (κ3) is 3.27. The van der Waals surface area contributed by atoms with Crippen LogP contribution in [-0.4, -0.2) is 19.9 Å². The average Bonchev–Trinajstić information content (AvgIpc) is 3.09. The van der Waals surface area contributed by atoms with E-state index in [1.807, 2.05) is 48.8 Å². The van der Waals surface area contributed by atoms with Gasteiger partial charge in [-0.1, -0.05) is 6.92 Å². The van der Waals surface area contributed by atoms with Gasteiger partial charge in [0.1, 0.15) is 0 Å². The van der Waals surface area contributed by atoms with Crippen LogP contribution in [0.4, 0.5) is 11.4 Å². The molecule has 0 bridgehead atoms. The summed E-state index contributed by atoms with van der Waals surface area (Å²) < 4.78 is 13.5. The Morgan fingerprint density at radius 2 is 2.00 bits per heavy atom. The van der Waals surface area contributed by atoms with Crippen molar-refractivity contribution in [2.75, 3.05) is 11.1 Å². The highest BCUT2D eigenvalue weighted by molar-refractivity contribution is 7.85. The fourth-order valence-electron chi connectivity index (χ4n) is 2.77. The van der Waals surface area contributed by atoms with Gasteiger partial charge in [0.2, 0.25) is 0 Å². The van der Waals surface area contributed by atoms with Crippen molar-refractivity contribution in [3.05, 3.63) is 54.2 Å². The zero-order chi connectivity index (χ0) is 17.2. The molecule has 1 N–H and O–H groups in total. The lowest BCUT2D eigenvalue weighted by Gasteiger charge is -2.11. The van der Waals surface area contributed by atoms with Crippen LogP contribution in [0.2, 0.25) is 0 Å². The van der Waals surface area contributed by atoms with Crippen LogP contribution in [0.1, 0.15) is 13.3 Å². The average molecular weight is 367 g/mol. The minimum Gasteiger partial charge on any atom is -0.355 e. The fourth-order valence-corrected chi connectivity index (χ4v) is 4.50. The lowest BCUT2D eigenvalue weighted by Crippen LogP contribution is -1.98. The number of anilines is 2. The van der Waals surface area contributed by atoms with Gasteiger partial charge in [0.05, 0.1) is 32.0 Å². The number of nitrogens with one attached hydrogen (secondary N) is 1. The molecule has 4 aromatic rings. The van der Waals surface area contributed by atoms with Gasteiger partial charge < -0.3 is 5.32 Å². The van der Waals surface area contributed by atoms with Crippen molar-refractivity contribution in [1.29, 1.82) is 0 Å². The highest BCUT2D eigenvalue weighted by Gasteiger charge is 2.08. The lowest BCUT2D eigenvalue weighted by molar-refractivity contribution is 0.682. The molecule has 0 saturated carbocycles. The third-order valence-electron chi connectivity index (χ3n) is 3.97. The zero-order valence-corrected chi connectivity index (χ0v) is 15.4. The number of hydrogen-bond acceptors (Lipinski definition) is 5. The predicted molar refractivity (Wildman–Crippen MR) is 106 cm³/mol. The van der Waals surface area contributed by atoms with E-state index in [1.54, 1.807) is 17.5 Å². The van der Waals surface area contributed by atoms with Crippen LogP contribution >= 0.6 is 11.3 Å². The van der Waals surface area contributed by atoms with E-state index in [-0.39, 0.29) is 0 Å². The van der Waals surface area contributed by atoms with Crippen LogP contribution in [0.15, 0.2) is 59.1 Å². The van der Waals surface area contributed by atoms with Crippen molar-refractivity contribution < 1.29 is 4.21 Å². The first-order valence-corrected chi connectivity index (χ1v) is 10.3. The number of rotatable bonds is 5. The standard InChI is InChI=1S/C19H17N3OS2/c1-2-9-25(23)14-4-5-16-15(11-14)17(7-8-20-16)22-13-3-6-19-18(10-13)21-12-24-19/h3-8,10-12H,2,9H2,1H3,(H,20,22). The van der Waals surface area contributed by atoms with Gasteiger partial charge in [0.25, 0.3) is 0 Å². The number of aromatic nitrogens is 2. The van der Waals surface area contributed by atoms with E-state index < -0.39 is 10.8 Å². The third-order valence-corrected chi connectivity index (χ3v) is 6.34. The van der Waals surface area contributed by atoms with Gasteiger partial charge in [-0.25, -0.2) is 4.98 Å². The lowest BCUT2D eigenvalue weighted by atomic mass is 10.2. The molecule has 0 fully saturated rings. The van der Waals surface area contributed by atoms with Gasteiger partial charge in [0, 0.05) is 33.6 Å². The molecule has 126 valence electrons. The molecule has 0 aliphatic rings. The van der Waals surface area contributed by atoms with Gasteiger partial charge in [0.15, 0.2) is 0 Å². The Labute approximate surface area is 152 Å². The van der Waals surface area contributed by atoms with Crippen molar-refractivity contribution >= 4 is 54.6 Å². The summed E-state index contributed by atoms with van der Waals surface area (Å²) in [5, 5.41) is 4.43. The molecular formula is C19H17N3OS2. The molecule has 2 aromatic heterocycles. The zero-order valence-electron chi connectivity index (χ0n) is 13.7. The SMILES string of the molecule is CCCS(=O)c1ccc2nccc(Nc3ccc4scnc4c3)c2c1. The van der Waals surface area contributed by atoms with E-state index in [0.29, 0.717) is 5.75 Å². The van der Waals surface area contributed by atoms with Crippen LogP contribution in [0.3, 0.4) is 0 Å². The van der Waals surface area contributed by atoms with Crippen LogP contribution < -0.4 is 5.32 Å². The molecule has 0 aliphatic carbocycles. The highest BCUT2D eigenvalue weighted by atomic mass is 32.2.